The minimum atomic E-state index is -0.0464. The van der Waals surface area contributed by atoms with E-state index in [1.807, 2.05) is 49.4 Å². The highest BCUT2D eigenvalue weighted by atomic mass is 79.9. The lowest BCUT2D eigenvalue weighted by Crippen LogP contribution is -2.19. The van der Waals surface area contributed by atoms with E-state index < -0.39 is 0 Å². The highest BCUT2D eigenvalue weighted by Gasteiger charge is 2.08. The summed E-state index contributed by atoms with van der Waals surface area (Å²) in [5.74, 6) is 0.596. The van der Waals surface area contributed by atoms with Crippen molar-refractivity contribution in [3.8, 4) is 5.88 Å². The molecule has 2 rings (SSSR count). The number of ether oxygens (including phenoxy) is 2. The second-order valence-electron chi connectivity index (χ2n) is 4.22. The van der Waals surface area contributed by atoms with Gasteiger partial charge in [0, 0.05) is 6.20 Å². The number of pyridine rings is 1. The van der Waals surface area contributed by atoms with Crippen LogP contribution < -0.4 is 4.74 Å². The van der Waals surface area contributed by atoms with Gasteiger partial charge in [-0.15, -0.1) is 0 Å². The van der Waals surface area contributed by atoms with E-state index in [2.05, 4.69) is 20.9 Å². The van der Waals surface area contributed by atoms with E-state index in [9.17, 15) is 0 Å². The average Bonchev–Trinajstić information content (AvgIpc) is 2.43. The molecule has 2 aromatic rings. The number of aromatic nitrogens is 1. The predicted molar refractivity (Wildman–Crippen MR) is 78.1 cm³/mol. The quantitative estimate of drug-likeness (QED) is 0.810. The van der Waals surface area contributed by atoms with E-state index in [0.717, 1.165) is 10.0 Å². The van der Waals surface area contributed by atoms with Crippen molar-refractivity contribution in [1.82, 2.24) is 4.98 Å². The third-order valence-corrected chi connectivity index (χ3v) is 3.11. The summed E-state index contributed by atoms with van der Waals surface area (Å²) in [6.45, 7) is 3.09. The lowest BCUT2D eigenvalue weighted by atomic mass is 10.2. The summed E-state index contributed by atoms with van der Waals surface area (Å²) in [6, 6.07) is 13.8. The molecule has 0 saturated heterocycles. The molecule has 0 saturated carbocycles. The Labute approximate surface area is 121 Å². The molecule has 1 aromatic heterocycles. The molecule has 0 aliphatic rings. The molecule has 0 aliphatic heterocycles. The van der Waals surface area contributed by atoms with Gasteiger partial charge >= 0.3 is 0 Å². The van der Waals surface area contributed by atoms with Crippen LogP contribution in [0.3, 0.4) is 0 Å². The summed E-state index contributed by atoms with van der Waals surface area (Å²) in [4.78, 5) is 4.16. The third-order valence-electron chi connectivity index (χ3n) is 2.50. The molecular formula is C15H16BrNO2. The zero-order valence-corrected chi connectivity index (χ0v) is 12.3. The topological polar surface area (TPSA) is 31.4 Å². The zero-order valence-electron chi connectivity index (χ0n) is 10.8. The number of benzene rings is 1. The van der Waals surface area contributed by atoms with Crippen LogP contribution in [0.15, 0.2) is 53.1 Å². The fourth-order valence-corrected chi connectivity index (χ4v) is 1.95. The molecule has 0 N–H and O–H groups in total. The Balaban J connectivity index is 1.76. The van der Waals surface area contributed by atoms with Crippen molar-refractivity contribution in [3.63, 3.8) is 0 Å². The average molecular weight is 322 g/mol. The van der Waals surface area contributed by atoms with Crippen LogP contribution >= 0.6 is 15.9 Å². The first kappa shape index (κ1) is 14.0. The van der Waals surface area contributed by atoms with E-state index in [4.69, 9.17) is 9.47 Å². The lowest BCUT2D eigenvalue weighted by Gasteiger charge is -2.15. The lowest BCUT2D eigenvalue weighted by molar-refractivity contribution is 0.0469. The Morgan fingerprint density at radius 2 is 1.95 bits per heavy atom. The van der Waals surface area contributed by atoms with Gasteiger partial charge in [-0.2, -0.15) is 0 Å². The molecule has 1 heterocycles. The molecule has 4 heteroatoms. The first-order valence-corrected chi connectivity index (χ1v) is 6.94. The molecule has 1 aromatic carbocycles. The van der Waals surface area contributed by atoms with Gasteiger partial charge in [-0.3, -0.25) is 0 Å². The second kappa shape index (κ2) is 7.26. The van der Waals surface area contributed by atoms with Crippen molar-refractivity contribution in [2.24, 2.45) is 0 Å². The fraction of sp³-hybridized carbons (Fsp3) is 0.267. The SMILES string of the molecule is C[C@H](COCc1ccccc1)Oc1ncccc1Br. The number of nitrogens with zero attached hydrogens (tertiary/aromatic N) is 1. The summed E-state index contributed by atoms with van der Waals surface area (Å²) in [6.07, 6.45) is 1.66. The maximum atomic E-state index is 5.70. The molecule has 1 atom stereocenters. The summed E-state index contributed by atoms with van der Waals surface area (Å²) in [5, 5.41) is 0. The van der Waals surface area contributed by atoms with Crippen molar-refractivity contribution in [3.05, 3.63) is 58.7 Å². The van der Waals surface area contributed by atoms with Crippen molar-refractivity contribution in [2.75, 3.05) is 6.61 Å². The van der Waals surface area contributed by atoms with Crippen LogP contribution in [-0.2, 0) is 11.3 Å². The predicted octanol–water partition coefficient (Wildman–Crippen LogP) is 3.83. The molecule has 0 amide bonds. The van der Waals surface area contributed by atoms with Crippen LogP contribution in [0.2, 0.25) is 0 Å². The molecule has 19 heavy (non-hydrogen) atoms. The Kier molecular flexibility index (Phi) is 5.36. The zero-order chi connectivity index (χ0) is 13.5. The van der Waals surface area contributed by atoms with Crippen LogP contribution in [0, 0.1) is 0 Å². The molecule has 0 unspecified atom stereocenters. The smallest absolute Gasteiger partial charge is 0.228 e. The van der Waals surface area contributed by atoms with Gasteiger partial charge < -0.3 is 9.47 Å². The molecule has 0 bridgehead atoms. The molecular weight excluding hydrogens is 306 g/mol. The van der Waals surface area contributed by atoms with Gasteiger partial charge in [-0.25, -0.2) is 4.98 Å². The van der Waals surface area contributed by atoms with Gasteiger partial charge in [0.2, 0.25) is 5.88 Å². The number of rotatable bonds is 6. The van der Waals surface area contributed by atoms with E-state index in [0.29, 0.717) is 19.1 Å². The fourth-order valence-electron chi connectivity index (χ4n) is 1.60. The van der Waals surface area contributed by atoms with Crippen LogP contribution in [0.5, 0.6) is 5.88 Å². The molecule has 100 valence electrons. The first-order chi connectivity index (χ1) is 9.25. The Bertz CT molecular complexity index is 505. The van der Waals surface area contributed by atoms with Crippen molar-refractivity contribution < 1.29 is 9.47 Å². The van der Waals surface area contributed by atoms with Crippen LogP contribution in [0.1, 0.15) is 12.5 Å². The minimum absolute atomic E-state index is 0.0464. The van der Waals surface area contributed by atoms with Gasteiger partial charge in [0.25, 0.3) is 0 Å². The van der Waals surface area contributed by atoms with Gasteiger partial charge in [-0.05, 0) is 40.5 Å². The first-order valence-electron chi connectivity index (χ1n) is 6.14. The van der Waals surface area contributed by atoms with E-state index in [1.165, 1.54) is 0 Å². The van der Waals surface area contributed by atoms with Crippen molar-refractivity contribution in [2.45, 2.75) is 19.6 Å². The summed E-state index contributed by atoms with van der Waals surface area (Å²) in [5.41, 5.74) is 1.16. The highest BCUT2D eigenvalue weighted by Crippen LogP contribution is 2.21. The second-order valence-corrected chi connectivity index (χ2v) is 5.07. The summed E-state index contributed by atoms with van der Waals surface area (Å²) < 4.78 is 12.2. The van der Waals surface area contributed by atoms with Gasteiger partial charge in [-0.1, -0.05) is 30.3 Å². The van der Waals surface area contributed by atoms with E-state index >= 15 is 0 Å². The number of hydrogen-bond acceptors (Lipinski definition) is 3. The van der Waals surface area contributed by atoms with Crippen LogP contribution in [0.4, 0.5) is 0 Å². The Hall–Kier alpha value is -1.39. The molecule has 3 nitrogen and oxygen atoms in total. The van der Waals surface area contributed by atoms with Crippen LogP contribution in [-0.4, -0.2) is 17.7 Å². The summed E-state index contributed by atoms with van der Waals surface area (Å²) in [7, 11) is 0. The van der Waals surface area contributed by atoms with Gasteiger partial charge in [0.15, 0.2) is 0 Å². The number of hydrogen-bond donors (Lipinski definition) is 0. The van der Waals surface area contributed by atoms with E-state index in [-0.39, 0.29) is 6.10 Å². The molecule has 0 fully saturated rings. The molecule has 0 aliphatic carbocycles. The Morgan fingerprint density at radius 1 is 1.16 bits per heavy atom. The normalized spacial score (nSPS) is 12.1. The maximum Gasteiger partial charge on any atom is 0.228 e. The van der Waals surface area contributed by atoms with Crippen LogP contribution in [0.25, 0.3) is 0 Å². The maximum absolute atomic E-state index is 5.70. The third kappa shape index (κ3) is 4.65. The minimum Gasteiger partial charge on any atom is -0.471 e. The Morgan fingerprint density at radius 3 is 2.68 bits per heavy atom. The molecule has 0 spiro atoms. The van der Waals surface area contributed by atoms with Crippen molar-refractivity contribution in [1.29, 1.82) is 0 Å². The highest BCUT2D eigenvalue weighted by molar-refractivity contribution is 9.10. The van der Waals surface area contributed by atoms with E-state index in [1.54, 1.807) is 6.20 Å². The largest absolute Gasteiger partial charge is 0.471 e. The monoisotopic (exact) mass is 321 g/mol. The van der Waals surface area contributed by atoms with Gasteiger partial charge in [0.1, 0.15) is 6.10 Å². The molecule has 0 radical (unpaired) electrons. The number of halogens is 1. The standard InChI is InChI=1S/C15H16BrNO2/c1-12(19-15-14(16)8-5-9-17-15)10-18-11-13-6-3-2-4-7-13/h2-9,12H,10-11H2,1H3/t12-/m1/s1. The van der Waals surface area contributed by atoms with Crippen molar-refractivity contribution >= 4 is 15.9 Å². The van der Waals surface area contributed by atoms with Gasteiger partial charge in [0.05, 0.1) is 17.7 Å². The summed E-state index contributed by atoms with van der Waals surface area (Å²) >= 11 is 3.40.